The van der Waals surface area contributed by atoms with Gasteiger partial charge in [-0.05, 0) is 6.42 Å². The zero-order chi connectivity index (χ0) is 7.82. The first kappa shape index (κ1) is 9.23. The van der Waals surface area contributed by atoms with Crippen molar-refractivity contribution in [2.24, 2.45) is 0 Å². The maximum absolute atomic E-state index is 6.61. The van der Waals surface area contributed by atoms with Crippen LogP contribution >= 0.6 is 0 Å². The third-order valence-corrected chi connectivity index (χ3v) is 1.48. The van der Waals surface area contributed by atoms with Gasteiger partial charge >= 0.3 is 0 Å². The molecule has 0 saturated heterocycles. The second-order valence-corrected chi connectivity index (χ2v) is 2.49. The highest BCUT2D eigenvalue weighted by Crippen LogP contribution is 2.08. The Morgan fingerprint density at radius 1 is 1.40 bits per heavy atom. The molecule has 1 heteroatoms. The fourth-order valence-corrected chi connectivity index (χ4v) is 0.812. The molecule has 0 rings (SSSR count). The lowest BCUT2D eigenvalue weighted by Gasteiger charge is -1.95. The standard InChI is InChI=1S/C9H15N/c1-4-5-6-7-8-9(2)10-3/h2,4-8H2,1H3. The third-order valence-electron chi connectivity index (χ3n) is 1.48. The van der Waals surface area contributed by atoms with Gasteiger partial charge in [-0.25, -0.2) is 4.85 Å². The lowest BCUT2D eigenvalue weighted by atomic mass is 10.1. The van der Waals surface area contributed by atoms with E-state index in [9.17, 15) is 0 Å². The number of hydrogen-bond donors (Lipinski definition) is 0. The smallest absolute Gasteiger partial charge is 0.158 e. The Kier molecular flexibility index (Phi) is 5.86. The molecular formula is C9H15N. The molecule has 0 N–H and O–H groups in total. The van der Waals surface area contributed by atoms with Gasteiger partial charge in [0.15, 0.2) is 5.70 Å². The van der Waals surface area contributed by atoms with Crippen LogP contribution in [-0.2, 0) is 0 Å². The number of rotatable bonds is 5. The van der Waals surface area contributed by atoms with Crippen molar-refractivity contribution in [3.05, 3.63) is 23.7 Å². The molecule has 0 atom stereocenters. The van der Waals surface area contributed by atoms with Gasteiger partial charge in [0.05, 0.1) is 6.57 Å². The molecule has 0 unspecified atom stereocenters. The van der Waals surface area contributed by atoms with Gasteiger partial charge in [-0.1, -0.05) is 39.2 Å². The number of nitrogens with zero attached hydrogens (tertiary/aromatic N) is 1. The molecule has 0 saturated carbocycles. The van der Waals surface area contributed by atoms with Crippen molar-refractivity contribution in [1.82, 2.24) is 0 Å². The van der Waals surface area contributed by atoms with Crippen LogP contribution in [0.15, 0.2) is 12.3 Å². The van der Waals surface area contributed by atoms with Crippen molar-refractivity contribution in [1.29, 1.82) is 0 Å². The second kappa shape index (κ2) is 6.35. The molecule has 56 valence electrons. The fourth-order valence-electron chi connectivity index (χ4n) is 0.812. The molecule has 0 radical (unpaired) electrons. The predicted molar refractivity (Wildman–Crippen MR) is 44.5 cm³/mol. The Labute approximate surface area is 63.6 Å². The Balaban J connectivity index is 3.06. The van der Waals surface area contributed by atoms with E-state index >= 15 is 0 Å². The summed E-state index contributed by atoms with van der Waals surface area (Å²) in [6, 6.07) is 0. The van der Waals surface area contributed by atoms with Gasteiger partial charge in [-0.2, -0.15) is 0 Å². The maximum atomic E-state index is 6.61. The van der Waals surface area contributed by atoms with Gasteiger partial charge in [0, 0.05) is 0 Å². The lowest BCUT2D eigenvalue weighted by Crippen LogP contribution is -1.77. The Morgan fingerprint density at radius 3 is 2.60 bits per heavy atom. The molecule has 0 amide bonds. The quantitative estimate of drug-likeness (QED) is 0.404. The van der Waals surface area contributed by atoms with Gasteiger partial charge in [0.1, 0.15) is 0 Å². The molecule has 0 aromatic heterocycles. The minimum absolute atomic E-state index is 0.705. The van der Waals surface area contributed by atoms with Crippen LogP contribution in [0.2, 0.25) is 0 Å². The molecule has 0 fully saturated rings. The van der Waals surface area contributed by atoms with Crippen LogP contribution in [0.5, 0.6) is 0 Å². The first-order chi connectivity index (χ1) is 4.81. The summed E-state index contributed by atoms with van der Waals surface area (Å²) in [6.07, 6.45) is 5.80. The molecule has 10 heavy (non-hydrogen) atoms. The van der Waals surface area contributed by atoms with Gasteiger partial charge < -0.3 is 0 Å². The maximum Gasteiger partial charge on any atom is 0.158 e. The summed E-state index contributed by atoms with van der Waals surface area (Å²) in [5.74, 6) is 0. The van der Waals surface area contributed by atoms with E-state index in [4.69, 9.17) is 6.57 Å². The molecule has 0 aliphatic heterocycles. The normalized spacial score (nSPS) is 8.80. The molecule has 1 nitrogen and oxygen atoms in total. The zero-order valence-electron chi connectivity index (χ0n) is 6.69. The molecule has 0 aliphatic rings. The Hall–Kier alpha value is -0.770. The van der Waals surface area contributed by atoms with Gasteiger partial charge in [-0.15, -0.1) is 0 Å². The Bertz CT molecular complexity index is 130. The number of unbranched alkanes of at least 4 members (excludes halogenated alkanes) is 3. The van der Waals surface area contributed by atoms with Gasteiger partial charge in [-0.3, -0.25) is 0 Å². The molecular weight excluding hydrogens is 122 g/mol. The average Bonchev–Trinajstić information content (AvgIpc) is 1.98. The molecule has 0 aromatic carbocycles. The van der Waals surface area contributed by atoms with Crippen molar-refractivity contribution in [3.63, 3.8) is 0 Å². The number of hydrogen-bond acceptors (Lipinski definition) is 0. The molecule has 0 bridgehead atoms. The first-order valence-corrected chi connectivity index (χ1v) is 3.86. The predicted octanol–water partition coefficient (Wildman–Crippen LogP) is 3.39. The van der Waals surface area contributed by atoms with E-state index < -0.39 is 0 Å². The summed E-state index contributed by atoms with van der Waals surface area (Å²) in [4.78, 5) is 3.24. The highest BCUT2D eigenvalue weighted by molar-refractivity contribution is 5.02. The minimum Gasteiger partial charge on any atom is -0.243 e. The van der Waals surface area contributed by atoms with Crippen molar-refractivity contribution >= 4 is 0 Å². The summed E-state index contributed by atoms with van der Waals surface area (Å²) in [5.41, 5.74) is 0.705. The average molecular weight is 137 g/mol. The van der Waals surface area contributed by atoms with E-state index in [1.54, 1.807) is 0 Å². The monoisotopic (exact) mass is 137 g/mol. The summed E-state index contributed by atoms with van der Waals surface area (Å²) >= 11 is 0. The van der Waals surface area contributed by atoms with Crippen LogP contribution < -0.4 is 0 Å². The summed E-state index contributed by atoms with van der Waals surface area (Å²) < 4.78 is 0. The van der Waals surface area contributed by atoms with E-state index in [1.165, 1.54) is 19.3 Å². The second-order valence-electron chi connectivity index (χ2n) is 2.49. The van der Waals surface area contributed by atoms with E-state index in [1.807, 2.05) is 0 Å². The first-order valence-electron chi connectivity index (χ1n) is 3.86. The van der Waals surface area contributed by atoms with Crippen LogP contribution in [-0.4, -0.2) is 0 Å². The Morgan fingerprint density at radius 2 is 2.10 bits per heavy atom. The van der Waals surface area contributed by atoms with Crippen LogP contribution in [0.25, 0.3) is 4.85 Å². The minimum atomic E-state index is 0.705. The number of allylic oxidation sites excluding steroid dienone is 1. The summed E-state index contributed by atoms with van der Waals surface area (Å²) in [7, 11) is 0. The van der Waals surface area contributed by atoms with Gasteiger partial charge in [0.2, 0.25) is 0 Å². The van der Waals surface area contributed by atoms with Crippen molar-refractivity contribution in [2.75, 3.05) is 0 Å². The van der Waals surface area contributed by atoms with Crippen LogP contribution in [0, 0.1) is 6.57 Å². The molecule has 0 aromatic rings. The molecule has 0 heterocycles. The lowest BCUT2D eigenvalue weighted by molar-refractivity contribution is 0.668. The van der Waals surface area contributed by atoms with E-state index in [2.05, 4.69) is 18.3 Å². The van der Waals surface area contributed by atoms with Crippen LogP contribution in [0.1, 0.15) is 39.0 Å². The fraction of sp³-hybridized carbons (Fsp3) is 0.667. The zero-order valence-corrected chi connectivity index (χ0v) is 6.69. The van der Waals surface area contributed by atoms with Gasteiger partial charge in [0.25, 0.3) is 0 Å². The topological polar surface area (TPSA) is 4.36 Å². The van der Waals surface area contributed by atoms with Crippen molar-refractivity contribution < 1.29 is 0 Å². The highest BCUT2D eigenvalue weighted by atomic mass is 14.6. The summed E-state index contributed by atoms with van der Waals surface area (Å²) in [5, 5.41) is 0. The molecule has 0 aliphatic carbocycles. The largest absolute Gasteiger partial charge is 0.243 e. The van der Waals surface area contributed by atoms with E-state index in [0.29, 0.717) is 5.70 Å². The SMILES string of the molecule is [C-]#[N+]C(=C)CCCCCC. The van der Waals surface area contributed by atoms with E-state index in [0.717, 1.165) is 12.8 Å². The van der Waals surface area contributed by atoms with Crippen LogP contribution in [0.4, 0.5) is 0 Å². The van der Waals surface area contributed by atoms with Crippen molar-refractivity contribution in [2.45, 2.75) is 39.0 Å². The third kappa shape index (κ3) is 5.37. The van der Waals surface area contributed by atoms with Crippen molar-refractivity contribution in [3.8, 4) is 0 Å². The highest BCUT2D eigenvalue weighted by Gasteiger charge is 1.91. The molecule has 0 spiro atoms. The van der Waals surface area contributed by atoms with Crippen LogP contribution in [0.3, 0.4) is 0 Å². The van der Waals surface area contributed by atoms with E-state index in [-0.39, 0.29) is 0 Å². The summed E-state index contributed by atoms with van der Waals surface area (Å²) in [6.45, 7) is 12.4.